The summed E-state index contributed by atoms with van der Waals surface area (Å²) in [5.74, 6) is -1.10. The highest BCUT2D eigenvalue weighted by Gasteiger charge is 2.31. The minimum Gasteiger partial charge on any atom is -0.378 e. The van der Waals surface area contributed by atoms with Gasteiger partial charge in [-0.3, -0.25) is 4.79 Å². The maximum atomic E-state index is 13.6. The van der Waals surface area contributed by atoms with Crippen molar-refractivity contribution in [2.75, 3.05) is 11.9 Å². The first-order valence-corrected chi connectivity index (χ1v) is 5.74. The van der Waals surface area contributed by atoms with E-state index in [1.165, 1.54) is 12.1 Å². The van der Waals surface area contributed by atoms with Gasteiger partial charge in [0.15, 0.2) is 0 Å². The third-order valence-corrected chi connectivity index (χ3v) is 3.07. The number of carbonyl (C=O) groups is 1. The normalized spacial score (nSPS) is 22.5. The van der Waals surface area contributed by atoms with Crippen LogP contribution in [0.1, 0.15) is 18.9 Å². The average molecular weight is 248 g/mol. The lowest BCUT2D eigenvalue weighted by atomic mass is 10.0. The third kappa shape index (κ3) is 2.49. The van der Waals surface area contributed by atoms with E-state index in [1.807, 2.05) is 13.0 Å². The van der Waals surface area contributed by atoms with Gasteiger partial charge in [-0.15, -0.1) is 0 Å². The van der Waals surface area contributed by atoms with Gasteiger partial charge < -0.3 is 10.1 Å². The van der Waals surface area contributed by atoms with Gasteiger partial charge in [0.25, 0.3) is 0 Å². The van der Waals surface area contributed by atoms with Crippen molar-refractivity contribution in [3.8, 4) is 6.07 Å². The van der Waals surface area contributed by atoms with Crippen LogP contribution in [-0.4, -0.2) is 18.6 Å². The second kappa shape index (κ2) is 5.15. The number of rotatable bonds is 2. The van der Waals surface area contributed by atoms with Gasteiger partial charge >= 0.3 is 0 Å². The molecule has 2 rings (SSSR count). The van der Waals surface area contributed by atoms with Crippen LogP contribution in [0.15, 0.2) is 18.2 Å². The maximum absolute atomic E-state index is 13.6. The van der Waals surface area contributed by atoms with Crippen molar-refractivity contribution in [2.45, 2.75) is 19.4 Å². The summed E-state index contributed by atoms with van der Waals surface area (Å²) < 4.78 is 18.9. The Morgan fingerprint density at radius 2 is 2.39 bits per heavy atom. The number of nitrogens with zero attached hydrogens (tertiary/aromatic N) is 1. The predicted molar refractivity (Wildman–Crippen MR) is 63.3 cm³/mol. The lowest BCUT2D eigenvalue weighted by Gasteiger charge is -2.14. The fraction of sp³-hybridized carbons (Fsp3) is 0.385. The van der Waals surface area contributed by atoms with Gasteiger partial charge in [-0.25, -0.2) is 4.39 Å². The monoisotopic (exact) mass is 248 g/mol. The van der Waals surface area contributed by atoms with Gasteiger partial charge in [-0.05, 0) is 31.5 Å². The van der Waals surface area contributed by atoms with Crippen molar-refractivity contribution < 1.29 is 13.9 Å². The molecule has 1 aliphatic heterocycles. The molecule has 1 aromatic rings. The highest BCUT2D eigenvalue weighted by Crippen LogP contribution is 2.23. The molecule has 1 aliphatic rings. The molecule has 94 valence electrons. The first-order chi connectivity index (χ1) is 8.61. The Kier molecular flexibility index (Phi) is 3.58. The van der Waals surface area contributed by atoms with Crippen LogP contribution in [0.5, 0.6) is 0 Å². The molecule has 1 aromatic carbocycles. The summed E-state index contributed by atoms with van der Waals surface area (Å²) in [6, 6.07) is 5.80. The van der Waals surface area contributed by atoms with Crippen molar-refractivity contribution in [1.29, 1.82) is 5.26 Å². The Morgan fingerprint density at radius 1 is 1.61 bits per heavy atom. The van der Waals surface area contributed by atoms with Crippen LogP contribution in [0.4, 0.5) is 10.1 Å². The standard InChI is InChI=1S/C13H13FN2O2/c1-8-10(4-5-18-8)13(17)16-12-3-2-9(7-15)6-11(12)14/h2-3,6,8,10H,4-5H2,1H3,(H,16,17). The number of carbonyl (C=O) groups excluding carboxylic acids is 1. The Bertz CT molecular complexity index is 510. The Hall–Kier alpha value is -1.93. The molecule has 1 fully saturated rings. The van der Waals surface area contributed by atoms with E-state index < -0.39 is 5.82 Å². The lowest BCUT2D eigenvalue weighted by Crippen LogP contribution is -2.28. The second-order valence-electron chi connectivity index (χ2n) is 4.27. The van der Waals surface area contributed by atoms with Crippen LogP contribution >= 0.6 is 0 Å². The molecule has 0 spiro atoms. The molecule has 5 heteroatoms. The van der Waals surface area contributed by atoms with Crippen molar-refractivity contribution >= 4 is 11.6 Å². The molecular formula is C13H13FN2O2. The number of nitriles is 1. The smallest absolute Gasteiger partial charge is 0.230 e. The van der Waals surface area contributed by atoms with E-state index in [9.17, 15) is 9.18 Å². The lowest BCUT2D eigenvalue weighted by molar-refractivity contribution is -0.121. The number of nitrogens with one attached hydrogen (secondary N) is 1. The summed E-state index contributed by atoms with van der Waals surface area (Å²) in [5.41, 5.74) is 0.321. The maximum Gasteiger partial charge on any atom is 0.230 e. The van der Waals surface area contributed by atoms with Crippen LogP contribution in [0.3, 0.4) is 0 Å². The molecule has 1 N–H and O–H groups in total. The minimum atomic E-state index is -0.603. The summed E-state index contributed by atoms with van der Waals surface area (Å²) in [5, 5.41) is 11.2. The molecule has 2 atom stereocenters. The zero-order chi connectivity index (χ0) is 13.1. The van der Waals surface area contributed by atoms with E-state index in [2.05, 4.69) is 5.32 Å². The van der Waals surface area contributed by atoms with E-state index in [1.54, 1.807) is 0 Å². The van der Waals surface area contributed by atoms with Gasteiger partial charge in [0.2, 0.25) is 5.91 Å². The number of anilines is 1. The summed E-state index contributed by atoms with van der Waals surface area (Å²) in [6.07, 6.45) is 0.497. The van der Waals surface area contributed by atoms with Crippen LogP contribution < -0.4 is 5.32 Å². The first-order valence-electron chi connectivity index (χ1n) is 5.74. The first kappa shape index (κ1) is 12.5. The van der Waals surface area contributed by atoms with Crippen LogP contribution in [0.2, 0.25) is 0 Å². The van der Waals surface area contributed by atoms with E-state index in [0.29, 0.717) is 13.0 Å². The highest BCUT2D eigenvalue weighted by molar-refractivity contribution is 5.93. The Balaban J connectivity index is 2.10. The summed E-state index contributed by atoms with van der Waals surface area (Å²) in [7, 11) is 0. The minimum absolute atomic E-state index is 0.0955. The van der Waals surface area contributed by atoms with Gasteiger partial charge in [0.05, 0.1) is 29.3 Å². The zero-order valence-electron chi connectivity index (χ0n) is 9.94. The van der Waals surface area contributed by atoms with Crippen LogP contribution in [-0.2, 0) is 9.53 Å². The number of hydrogen-bond donors (Lipinski definition) is 1. The molecule has 0 radical (unpaired) electrons. The summed E-state index contributed by atoms with van der Waals surface area (Å²) in [6.45, 7) is 2.38. The van der Waals surface area contributed by atoms with E-state index in [0.717, 1.165) is 6.07 Å². The predicted octanol–water partition coefficient (Wildman–Crippen LogP) is 2.06. The molecule has 1 amide bonds. The number of ether oxygens (including phenoxy) is 1. The molecule has 4 nitrogen and oxygen atoms in total. The second-order valence-corrected chi connectivity index (χ2v) is 4.27. The van der Waals surface area contributed by atoms with Crippen molar-refractivity contribution in [1.82, 2.24) is 0 Å². The summed E-state index contributed by atoms with van der Waals surface area (Å²) in [4.78, 5) is 11.9. The fourth-order valence-electron chi connectivity index (χ4n) is 1.99. The number of hydrogen-bond acceptors (Lipinski definition) is 3. The molecule has 18 heavy (non-hydrogen) atoms. The van der Waals surface area contributed by atoms with Gasteiger partial charge in [-0.1, -0.05) is 0 Å². The largest absolute Gasteiger partial charge is 0.378 e. The van der Waals surface area contributed by atoms with Crippen LogP contribution in [0, 0.1) is 23.1 Å². The van der Waals surface area contributed by atoms with E-state index in [4.69, 9.17) is 10.00 Å². The number of benzene rings is 1. The molecule has 1 heterocycles. The topological polar surface area (TPSA) is 62.1 Å². The highest BCUT2D eigenvalue weighted by atomic mass is 19.1. The van der Waals surface area contributed by atoms with Gasteiger partial charge in [-0.2, -0.15) is 5.26 Å². The van der Waals surface area contributed by atoms with E-state index >= 15 is 0 Å². The molecule has 1 saturated heterocycles. The average Bonchev–Trinajstić information content (AvgIpc) is 2.78. The quantitative estimate of drug-likeness (QED) is 0.871. The molecular weight excluding hydrogens is 235 g/mol. The number of halogens is 1. The molecule has 0 bridgehead atoms. The summed E-state index contributed by atoms with van der Waals surface area (Å²) >= 11 is 0. The number of amides is 1. The zero-order valence-corrected chi connectivity index (χ0v) is 9.94. The molecule has 0 aromatic heterocycles. The molecule has 0 aliphatic carbocycles. The molecule has 2 unspecified atom stereocenters. The SMILES string of the molecule is CC1OCCC1C(=O)Nc1ccc(C#N)cc1F. The Morgan fingerprint density at radius 3 is 2.94 bits per heavy atom. The van der Waals surface area contributed by atoms with Gasteiger partial charge in [0.1, 0.15) is 5.82 Å². The van der Waals surface area contributed by atoms with Crippen molar-refractivity contribution in [3.05, 3.63) is 29.6 Å². The van der Waals surface area contributed by atoms with E-state index in [-0.39, 0.29) is 29.2 Å². The molecule has 0 saturated carbocycles. The van der Waals surface area contributed by atoms with Crippen molar-refractivity contribution in [2.24, 2.45) is 5.92 Å². The third-order valence-electron chi connectivity index (χ3n) is 3.07. The van der Waals surface area contributed by atoms with Crippen molar-refractivity contribution in [3.63, 3.8) is 0 Å². The Labute approximate surface area is 104 Å². The van der Waals surface area contributed by atoms with Gasteiger partial charge in [0, 0.05) is 6.61 Å². The van der Waals surface area contributed by atoms with Crippen LogP contribution in [0.25, 0.3) is 0 Å². The fourth-order valence-corrected chi connectivity index (χ4v) is 1.99.